The quantitative estimate of drug-likeness (QED) is 0.591. The molecule has 1 aromatic carbocycles. The second-order valence-corrected chi connectivity index (χ2v) is 10.0. The first-order valence-corrected chi connectivity index (χ1v) is 11.4. The van der Waals surface area contributed by atoms with Crippen LogP contribution in [0.5, 0.6) is 0 Å². The van der Waals surface area contributed by atoms with Crippen LogP contribution in [-0.2, 0) is 25.7 Å². The van der Waals surface area contributed by atoms with E-state index in [4.69, 9.17) is 4.52 Å². The van der Waals surface area contributed by atoms with Gasteiger partial charge in [-0.25, -0.2) is 4.68 Å². The Bertz CT molecular complexity index is 1270. The summed E-state index contributed by atoms with van der Waals surface area (Å²) in [6.45, 7) is 5.51. The van der Waals surface area contributed by atoms with E-state index in [9.17, 15) is 14.4 Å². The molecule has 2 aliphatic rings. The zero-order valence-electron chi connectivity index (χ0n) is 19.2. The number of aryl methyl sites for hydroxylation is 2. The van der Waals surface area contributed by atoms with Crippen LogP contribution in [-0.4, -0.2) is 32.4 Å². The molecule has 0 fully saturated rings. The molecule has 7 nitrogen and oxygen atoms in total. The molecule has 0 aliphatic heterocycles. The van der Waals surface area contributed by atoms with E-state index < -0.39 is 0 Å². The monoisotopic (exact) mass is 445 g/mol. The maximum absolute atomic E-state index is 13.0. The number of aromatic nitrogens is 3. The van der Waals surface area contributed by atoms with Gasteiger partial charge in [-0.05, 0) is 36.2 Å². The van der Waals surface area contributed by atoms with E-state index in [-0.39, 0.29) is 28.8 Å². The lowest BCUT2D eigenvalue weighted by molar-refractivity contribution is 0.0892. The minimum absolute atomic E-state index is 0.0210. The van der Waals surface area contributed by atoms with E-state index in [1.807, 2.05) is 44.2 Å². The normalized spacial score (nSPS) is 19.3. The second kappa shape index (κ2) is 7.90. The Morgan fingerprint density at radius 1 is 1.03 bits per heavy atom. The van der Waals surface area contributed by atoms with Crippen LogP contribution in [0.4, 0.5) is 0 Å². The summed E-state index contributed by atoms with van der Waals surface area (Å²) in [6.07, 6.45) is 2.96. The highest BCUT2D eigenvalue weighted by Crippen LogP contribution is 2.37. The third-order valence-electron chi connectivity index (χ3n) is 6.76. The maximum Gasteiger partial charge on any atom is 0.243 e. The van der Waals surface area contributed by atoms with Crippen molar-refractivity contribution in [1.82, 2.24) is 14.9 Å². The number of carbonyl (C=O) groups excluding carboxylic acids is 3. The molecule has 1 unspecified atom stereocenters. The number of benzene rings is 1. The van der Waals surface area contributed by atoms with Gasteiger partial charge in [-0.1, -0.05) is 49.3 Å². The fraction of sp³-hybridized carbons (Fsp3) is 0.423. The molecule has 2 aliphatic carbocycles. The number of hydrogen-bond acceptors (Lipinski definition) is 6. The zero-order chi connectivity index (χ0) is 23.3. The molecule has 170 valence electrons. The number of carbonyl (C=O) groups is 3. The Labute approximate surface area is 192 Å². The topological polar surface area (TPSA) is 95.1 Å². The lowest BCUT2D eigenvalue weighted by Crippen LogP contribution is -2.29. The van der Waals surface area contributed by atoms with Crippen molar-refractivity contribution in [2.45, 2.75) is 65.2 Å². The molecule has 1 atom stereocenters. The van der Waals surface area contributed by atoms with Crippen LogP contribution >= 0.6 is 0 Å². The van der Waals surface area contributed by atoms with Crippen molar-refractivity contribution in [3.05, 3.63) is 69.9 Å². The van der Waals surface area contributed by atoms with Gasteiger partial charge in [0.25, 0.3) is 0 Å². The molecule has 33 heavy (non-hydrogen) atoms. The number of rotatable bonds is 4. The second-order valence-electron chi connectivity index (χ2n) is 10.0. The van der Waals surface area contributed by atoms with Crippen LogP contribution < -0.4 is 0 Å². The van der Waals surface area contributed by atoms with Gasteiger partial charge in [0.05, 0.1) is 28.2 Å². The van der Waals surface area contributed by atoms with Gasteiger partial charge in [-0.15, -0.1) is 0 Å². The van der Waals surface area contributed by atoms with Crippen LogP contribution in [0.15, 0.2) is 34.9 Å². The molecule has 7 heteroatoms. The SMILES string of the molecule is CC(=O)n1nc(CCc2noc3c2C(=O)CC(c2ccccc2)C3)c2c1CC(C)(C)CC2=O. The Balaban J connectivity index is 1.40. The largest absolute Gasteiger partial charge is 0.360 e. The van der Waals surface area contributed by atoms with E-state index in [1.54, 1.807) is 0 Å². The molecule has 0 bridgehead atoms. The molecule has 0 saturated heterocycles. The number of nitrogens with zero attached hydrogens (tertiary/aromatic N) is 3. The van der Waals surface area contributed by atoms with Crippen molar-refractivity contribution < 1.29 is 18.9 Å². The molecule has 2 heterocycles. The minimum atomic E-state index is -0.207. The van der Waals surface area contributed by atoms with Gasteiger partial charge in [-0.3, -0.25) is 14.4 Å². The van der Waals surface area contributed by atoms with Crippen LogP contribution in [0.3, 0.4) is 0 Å². The Morgan fingerprint density at radius 2 is 1.76 bits per heavy atom. The first kappa shape index (κ1) is 21.5. The first-order valence-electron chi connectivity index (χ1n) is 11.4. The van der Waals surface area contributed by atoms with Gasteiger partial charge in [0, 0.05) is 26.2 Å². The average Bonchev–Trinajstić information content (AvgIpc) is 3.33. The summed E-state index contributed by atoms with van der Waals surface area (Å²) in [5.41, 5.74) is 3.97. The van der Waals surface area contributed by atoms with E-state index in [2.05, 4.69) is 10.3 Å². The van der Waals surface area contributed by atoms with Gasteiger partial charge in [0.1, 0.15) is 5.76 Å². The van der Waals surface area contributed by atoms with Gasteiger partial charge < -0.3 is 4.52 Å². The molecular formula is C26H27N3O4. The van der Waals surface area contributed by atoms with Crippen molar-refractivity contribution in [2.75, 3.05) is 0 Å². The zero-order valence-corrected chi connectivity index (χ0v) is 19.2. The highest BCUT2D eigenvalue weighted by atomic mass is 16.5. The summed E-state index contributed by atoms with van der Waals surface area (Å²) >= 11 is 0. The summed E-state index contributed by atoms with van der Waals surface area (Å²) in [6, 6.07) is 9.98. The maximum atomic E-state index is 13.0. The lowest BCUT2D eigenvalue weighted by atomic mass is 9.75. The third-order valence-corrected chi connectivity index (χ3v) is 6.76. The fourth-order valence-electron chi connectivity index (χ4n) is 5.27. The Hall–Kier alpha value is -3.35. The summed E-state index contributed by atoms with van der Waals surface area (Å²) < 4.78 is 6.96. The van der Waals surface area contributed by atoms with Gasteiger partial charge in [0.2, 0.25) is 5.91 Å². The van der Waals surface area contributed by atoms with Crippen molar-refractivity contribution in [3.63, 3.8) is 0 Å². The van der Waals surface area contributed by atoms with Crippen LogP contribution in [0.25, 0.3) is 0 Å². The molecule has 0 saturated carbocycles. The van der Waals surface area contributed by atoms with Crippen molar-refractivity contribution in [1.29, 1.82) is 0 Å². The number of fused-ring (bicyclic) bond motifs is 2. The van der Waals surface area contributed by atoms with Crippen LogP contribution in [0.1, 0.15) is 93.4 Å². The predicted octanol–water partition coefficient (Wildman–Crippen LogP) is 4.38. The number of hydrogen-bond donors (Lipinski definition) is 0. The molecule has 3 aromatic rings. The van der Waals surface area contributed by atoms with Crippen LogP contribution in [0.2, 0.25) is 0 Å². The molecule has 0 amide bonds. The molecule has 5 rings (SSSR count). The fourth-order valence-corrected chi connectivity index (χ4v) is 5.27. The highest BCUT2D eigenvalue weighted by Gasteiger charge is 2.37. The first-order chi connectivity index (χ1) is 15.7. The van der Waals surface area contributed by atoms with Crippen molar-refractivity contribution >= 4 is 17.5 Å². The molecular weight excluding hydrogens is 418 g/mol. The molecule has 2 aromatic heterocycles. The van der Waals surface area contributed by atoms with Crippen LogP contribution in [0, 0.1) is 5.41 Å². The van der Waals surface area contributed by atoms with Crippen molar-refractivity contribution in [3.8, 4) is 0 Å². The summed E-state index contributed by atoms with van der Waals surface area (Å²) in [5, 5.41) is 8.70. The Morgan fingerprint density at radius 3 is 2.48 bits per heavy atom. The number of ketones is 2. The van der Waals surface area contributed by atoms with Crippen molar-refractivity contribution in [2.24, 2.45) is 5.41 Å². The number of Topliss-reactive ketones (excluding diaryl/α,β-unsaturated/α-hetero) is 2. The van der Waals surface area contributed by atoms with E-state index in [0.717, 1.165) is 5.56 Å². The lowest BCUT2D eigenvalue weighted by Gasteiger charge is -2.28. The van der Waals surface area contributed by atoms with E-state index in [1.165, 1.54) is 11.6 Å². The Kier molecular flexibility index (Phi) is 5.15. The van der Waals surface area contributed by atoms with Gasteiger partial charge in [0.15, 0.2) is 11.6 Å². The summed E-state index contributed by atoms with van der Waals surface area (Å²) in [5.74, 6) is 0.572. The summed E-state index contributed by atoms with van der Waals surface area (Å²) in [4.78, 5) is 38.1. The predicted molar refractivity (Wildman–Crippen MR) is 121 cm³/mol. The highest BCUT2D eigenvalue weighted by molar-refractivity contribution is 6.01. The van der Waals surface area contributed by atoms with E-state index >= 15 is 0 Å². The standard InChI is InChI=1S/C26H27N3O4/c1-15(30)29-20-13-26(2,3)14-22(32)24(20)18(27-29)9-10-19-25-21(31)11-17(12-23(25)33-28-19)16-7-5-4-6-8-16/h4-8,17H,9-14H2,1-3H3. The van der Waals surface area contributed by atoms with Gasteiger partial charge >= 0.3 is 0 Å². The van der Waals surface area contributed by atoms with E-state index in [0.29, 0.717) is 72.5 Å². The minimum Gasteiger partial charge on any atom is -0.360 e. The molecule has 0 radical (unpaired) electrons. The molecule has 0 N–H and O–H groups in total. The third kappa shape index (κ3) is 3.86. The summed E-state index contributed by atoms with van der Waals surface area (Å²) in [7, 11) is 0. The molecule has 0 spiro atoms. The van der Waals surface area contributed by atoms with Gasteiger partial charge in [-0.2, -0.15) is 5.10 Å². The average molecular weight is 446 g/mol. The smallest absolute Gasteiger partial charge is 0.243 e.